The van der Waals surface area contributed by atoms with E-state index in [4.69, 9.17) is 16.7 Å². The minimum Gasteiger partial charge on any atom is -0.395 e. The number of rotatable bonds is 4. The molecule has 8 heteroatoms. The zero-order chi connectivity index (χ0) is 14.9. The molecule has 0 radical (unpaired) electrons. The van der Waals surface area contributed by atoms with Crippen LogP contribution in [-0.4, -0.2) is 61.6 Å². The Labute approximate surface area is 128 Å². The SMILES string of the molecule is Cc1cc(S(=O)(=O)N2CCN(CCO)C(C)C2)sc1Cl. The van der Waals surface area contributed by atoms with Crippen LogP contribution in [0.3, 0.4) is 0 Å². The summed E-state index contributed by atoms with van der Waals surface area (Å²) in [5.74, 6) is 0. The number of sulfonamides is 1. The van der Waals surface area contributed by atoms with Crippen molar-refractivity contribution in [3.63, 3.8) is 0 Å². The molecule has 0 saturated carbocycles. The lowest BCUT2D eigenvalue weighted by atomic mass is 10.2. The molecule has 1 saturated heterocycles. The van der Waals surface area contributed by atoms with Gasteiger partial charge in [-0.05, 0) is 25.5 Å². The van der Waals surface area contributed by atoms with E-state index in [1.807, 2.05) is 6.92 Å². The number of aliphatic hydroxyl groups excluding tert-OH is 1. The highest BCUT2D eigenvalue weighted by Gasteiger charge is 2.33. The molecule has 0 amide bonds. The van der Waals surface area contributed by atoms with Gasteiger partial charge in [0.25, 0.3) is 10.0 Å². The first kappa shape index (κ1) is 16.2. The summed E-state index contributed by atoms with van der Waals surface area (Å²) in [4.78, 5) is 2.10. The molecule has 0 spiro atoms. The Morgan fingerprint density at radius 3 is 2.70 bits per heavy atom. The maximum atomic E-state index is 12.6. The van der Waals surface area contributed by atoms with Crippen molar-refractivity contribution < 1.29 is 13.5 Å². The molecule has 0 aromatic carbocycles. The standard InChI is InChI=1S/C12H19ClN2O3S2/c1-9-7-11(19-12(9)13)20(17,18)15-4-3-14(5-6-16)10(2)8-15/h7,10,16H,3-6,8H2,1-2H3. The van der Waals surface area contributed by atoms with Gasteiger partial charge in [-0.25, -0.2) is 8.42 Å². The minimum absolute atomic E-state index is 0.0941. The third kappa shape index (κ3) is 3.18. The first-order chi connectivity index (χ1) is 9.36. The van der Waals surface area contributed by atoms with Crippen LogP contribution in [-0.2, 0) is 10.0 Å². The van der Waals surface area contributed by atoms with Gasteiger partial charge < -0.3 is 5.11 Å². The number of hydrogen-bond acceptors (Lipinski definition) is 5. The second kappa shape index (κ2) is 6.29. The largest absolute Gasteiger partial charge is 0.395 e. The van der Waals surface area contributed by atoms with Crippen molar-refractivity contribution in [3.05, 3.63) is 16.0 Å². The fourth-order valence-corrected chi connectivity index (χ4v) is 5.70. The number of aliphatic hydroxyl groups is 1. The maximum absolute atomic E-state index is 12.6. The average Bonchev–Trinajstić information content (AvgIpc) is 2.73. The fraction of sp³-hybridized carbons (Fsp3) is 0.667. The van der Waals surface area contributed by atoms with Gasteiger partial charge in [-0.2, -0.15) is 4.31 Å². The Bertz CT molecular complexity index is 554. The molecule has 1 aromatic rings. The number of hydrogen-bond donors (Lipinski definition) is 1. The second-order valence-corrected chi connectivity index (χ2v) is 8.81. The summed E-state index contributed by atoms with van der Waals surface area (Å²) >= 11 is 7.08. The van der Waals surface area contributed by atoms with Gasteiger partial charge in [-0.15, -0.1) is 11.3 Å². The van der Waals surface area contributed by atoms with Crippen LogP contribution in [0.4, 0.5) is 0 Å². The van der Waals surface area contributed by atoms with Crippen LogP contribution in [0.25, 0.3) is 0 Å². The van der Waals surface area contributed by atoms with Crippen LogP contribution >= 0.6 is 22.9 Å². The Morgan fingerprint density at radius 2 is 2.20 bits per heavy atom. The van der Waals surface area contributed by atoms with Crippen molar-refractivity contribution >= 4 is 33.0 Å². The maximum Gasteiger partial charge on any atom is 0.252 e. The van der Waals surface area contributed by atoms with Crippen molar-refractivity contribution in [2.24, 2.45) is 0 Å². The normalized spacial score (nSPS) is 22.3. The molecule has 5 nitrogen and oxygen atoms in total. The van der Waals surface area contributed by atoms with E-state index in [9.17, 15) is 8.42 Å². The van der Waals surface area contributed by atoms with E-state index >= 15 is 0 Å². The Balaban J connectivity index is 2.16. The van der Waals surface area contributed by atoms with Gasteiger partial charge in [-0.1, -0.05) is 11.6 Å². The van der Waals surface area contributed by atoms with Crippen LogP contribution in [0.5, 0.6) is 0 Å². The van der Waals surface area contributed by atoms with E-state index in [0.717, 1.165) is 16.9 Å². The van der Waals surface area contributed by atoms with Gasteiger partial charge in [0.2, 0.25) is 0 Å². The molecule has 20 heavy (non-hydrogen) atoms. The molecular weight excluding hydrogens is 320 g/mol. The van der Waals surface area contributed by atoms with E-state index in [0.29, 0.717) is 34.7 Å². The summed E-state index contributed by atoms with van der Waals surface area (Å²) in [5.41, 5.74) is 0.794. The number of β-amino-alcohol motifs (C(OH)–C–C–N with tert-alkyl or cyclic N) is 1. The molecule has 1 N–H and O–H groups in total. The van der Waals surface area contributed by atoms with Gasteiger partial charge in [0, 0.05) is 32.2 Å². The van der Waals surface area contributed by atoms with E-state index in [-0.39, 0.29) is 12.6 Å². The van der Waals surface area contributed by atoms with Crippen molar-refractivity contribution in [1.29, 1.82) is 0 Å². The summed E-state index contributed by atoms with van der Waals surface area (Å²) in [5, 5.41) is 8.99. The third-order valence-corrected chi connectivity index (χ3v) is 7.41. The van der Waals surface area contributed by atoms with Crippen LogP contribution in [0.2, 0.25) is 4.34 Å². The lowest BCUT2D eigenvalue weighted by Crippen LogP contribution is -2.53. The van der Waals surface area contributed by atoms with Gasteiger partial charge in [0.05, 0.1) is 10.9 Å². The summed E-state index contributed by atoms with van der Waals surface area (Å²) < 4.78 is 27.5. The quantitative estimate of drug-likeness (QED) is 0.901. The molecule has 1 unspecified atom stereocenters. The number of halogens is 1. The number of thiophene rings is 1. The molecular formula is C12H19ClN2O3S2. The number of aryl methyl sites for hydroxylation is 1. The van der Waals surface area contributed by atoms with Crippen molar-refractivity contribution in [2.75, 3.05) is 32.8 Å². The Hall–Kier alpha value is -0.180. The van der Waals surface area contributed by atoms with Crippen LogP contribution in [0.1, 0.15) is 12.5 Å². The minimum atomic E-state index is -3.46. The Kier molecular flexibility index (Phi) is 5.09. The highest BCUT2D eigenvalue weighted by molar-refractivity contribution is 7.91. The van der Waals surface area contributed by atoms with Crippen LogP contribution in [0, 0.1) is 6.92 Å². The first-order valence-corrected chi connectivity index (χ1v) is 9.10. The van der Waals surface area contributed by atoms with Crippen molar-refractivity contribution in [2.45, 2.75) is 24.1 Å². The Morgan fingerprint density at radius 1 is 1.50 bits per heavy atom. The zero-order valence-electron chi connectivity index (χ0n) is 11.5. The molecule has 0 aliphatic carbocycles. The average molecular weight is 339 g/mol. The van der Waals surface area contributed by atoms with Crippen LogP contribution < -0.4 is 0 Å². The van der Waals surface area contributed by atoms with Crippen LogP contribution in [0.15, 0.2) is 10.3 Å². The third-order valence-electron chi connectivity index (χ3n) is 3.54. The summed E-state index contributed by atoms with van der Waals surface area (Å²) in [7, 11) is -3.46. The molecule has 1 aromatic heterocycles. The monoisotopic (exact) mass is 338 g/mol. The lowest BCUT2D eigenvalue weighted by Gasteiger charge is -2.38. The summed E-state index contributed by atoms with van der Waals surface area (Å²) in [6.07, 6.45) is 0. The molecule has 2 heterocycles. The molecule has 1 fully saturated rings. The molecule has 0 bridgehead atoms. The molecule has 1 aliphatic heterocycles. The highest BCUT2D eigenvalue weighted by Crippen LogP contribution is 2.32. The van der Waals surface area contributed by atoms with E-state index in [1.165, 1.54) is 4.31 Å². The fourth-order valence-electron chi connectivity index (χ4n) is 2.33. The second-order valence-electron chi connectivity index (χ2n) is 4.99. The van der Waals surface area contributed by atoms with Gasteiger partial charge in [0.15, 0.2) is 0 Å². The van der Waals surface area contributed by atoms with Gasteiger partial charge in [0.1, 0.15) is 4.21 Å². The summed E-state index contributed by atoms with van der Waals surface area (Å²) in [6, 6.07) is 1.73. The number of piperazine rings is 1. The predicted octanol–water partition coefficient (Wildman–Crippen LogP) is 1.40. The van der Waals surface area contributed by atoms with E-state index in [2.05, 4.69) is 4.90 Å². The molecule has 114 valence electrons. The van der Waals surface area contributed by atoms with E-state index < -0.39 is 10.0 Å². The first-order valence-electron chi connectivity index (χ1n) is 6.47. The van der Waals surface area contributed by atoms with Crippen molar-refractivity contribution in [3.8, 4) is 0 Å². The lowest BCUT2D eigenvalue weighted by molar-refractivity contribution is 0.104. The zero-order valence-corrected chi connectivity index (χ0v) is 13.9. The highest BCUT2D eigenvalue weighted by atomic mass is 35.5. The smallest absolute Gasteiger partial charge is 0.252 e. The van der Waals surface area contributed by atoms with E-state index in [1.54, 1.807) is 13.0 Å². The molecule has 1 atom stereocenters. The predicted molar refractivity (Wildman–Crippen MR) is 80.9 cm³/mol. The summed E-state index contributed by atoms with van der Waals surface area (Å²) in [6.45, 7) is 5.98. The van der Waals surface area contributed by atoms with Gasteiger partial charge >= 0.3 is 0 Å². The van der Waals surface area contributed by atoms with Gasteiger partial charge in [-0.3, -0.25) is 4.90 Å². The topological polar surface area (TPSA) is 60.9 Å². The number of nitrogens with zero attached hydrogens (tertiary/aromatic N) is 2. The molecule has 1 aliphatic rings. The van der Waals surface area contributed by atoms with Crippen molar-refractivity contribution in [1.82, 2.24) is 9.21 Å². The molecule has 2 rings (SSSR count).